The summed E-state index contributed by atoms with van der Waals surface area (Å²) in [6.45, 7) is 0. The number of methoxy groups -OCH3 is 3. The first kappa shape index (κ1) is 14.3. The van der Waals surface area contributed by atoms with Gasteiger partial charge in [0.2, 0.25) is 0 Å². The molecule has 0 aliphatic carbocycles. The standard InChI is InChI=1S/C13H13NO5S/c1-17-8-6-10(19-3)9(18-2)4-7(8)5-11-12(15)14-13(16)20-11/h4-6H,1-3H3,(H,14,15,16). The van der Waals surface area contributed by atoms with E-state index in [1.165, 1.54) is 21.3 Å². The molecule has 0 spiro atoms. The number of hydrogen-bond acceptors (Lipinski definition) is 6. The van der Waals surface area contributed by atoms with E-state index in [0.717, 1.165) is 11.8 Å². The van der Waals surface area contributed by atoms with Gasteiger partial charge in [-0.1, -0.05) is 0 Å². The Hall–Kier alpha value is -2.15. The normalized spacial score (nSPS) is 16.2. The predicted octanol–water partition coefficient (Wildman–Crippen LogP) is 2.04. The van der Waals surface area contributed by atoms with Gasteiger partial charge in [0.1, 0.15) is 5.75 Å². The van der Waals surface area contributed by atoms with E-state index in [9.17, 15) is 9.59 Å². The molecule has 20 heavy (non-hydrogen) atoms. The number of nitrogens with one attached hydrogen (secondary N) is 1. The average molecular weight is 295 g/mol. The third-order valence-corrected chi connectivity index (χ3v) is 3.48. The molecule has 6 nitrogen and oxygen atoms in total. The third kappa shape index (κ3) is 2.72. The highest BCUT2D eigenvalue weighted by molar-refractivity contribution is 8.18. The summed E-state index contributed by atoms with van der Waals surface area (Å²) in [6.07, 6.45) is 1.58. The first-order valence-electron chi connectivity index (χ1n) is 5.64. The molecule has 1 heterocycles. The van der Waals surface area contributed by atoms with Gasteiger partial charge in [-0.15, -0.1) is 0 Å². The van der Waals surface area contributed by atoms with E-state index in [4.69, 9.17) is 14.2 Å². The quantitative estimate of drug-likeness (QED) is 0.857. The minimum absolute atomic E-state index is 0.306. The van der Waals surface area contributed by atoms with Crippen molar-refractivity contribution in [2.24, 2.45) is 0 Å². The molecule has 1 N–H and O–H groups in total. The van der Waals surface area contributed by atoms with E-state index in [1.54, 1.807) is 18.2 Å². The fourth-order valence-corrected chi connectivity index (χ4v) is 2.40. The second kappa shape index (κ2) is 5.87. The molecule has 1 aliphatic rings. The van der Waals surface area contributed by atoms with Crippen molar-refractivity contribution in [1.82, 2.24) is 5.32 Å². The van der Waals surface area contributed by atoms with Gasteiger partial charge in [-0.3, -0.25) is 14.9 Å². The topological polar surface area (TPSA) is 73.9 Å². The molecule has 2 rings (SSSR count). The second-order valence-corrected chi connectivity index (χ2v) is 4.82. The second-order valence-electron chi connectivity index (χ2n) is 3.80. The molecule has 0 saturated carbocycles. The molecule has 1 aromatic carbocycles. The SMILES string of the molecule is COc1cc(OC)c(OC)cc1C=C1SC(=O)NC1=O. The number of hydrogen-bond donors (Lipinski definition) is 1. The maximum Gasteiger partial charge on any atom is 0.290 e. The first-order valence-corrected chi connectivity index (χ1v) is 6.45. The average Bonchev–Trinajstić information content (AvgIpc) is 2.76. The van der Waals surface area contributed by atoms with Crippen LogP contribution in [0, 0.1) is 0 Å². The van der Waals surface area contributed by atoms with Gasteiger partial charge in [0.15, 0.2) is 11.5 Å². The van der Waals surface area contributed by atoms with Crippen molar-refractivity contribution in [2.75, 3.05) is 21.3 Å². The van der Waals surface area contributed by atoms with Crippen molar-refractivity contribution in [3.8, 4) is 17.2 Å². The molecule has 2 amide bonds. The molecule has 0 unspecified atom stereocenters. The van der Waals surface area contributed by atoms with Gasteiger partial charge in [0, 0.05) is 11.6 Å². The van der Waals surface area contributed by atoms with Crippen molar-refractivity contribution in [3.05, 3.63) is 22.6 Å². The number of carbonyl (C=O) groups excluding carboxylic acids is 2. The summed E-state index contributed by atoms with van der Waals surface area (Å²) in [6, 6.07) is 3.34. The Balaban J connectivity index is 2.48. The van der Waals surface area contributed by atoms with Crippen LogP contribution in [-0.4, -0.2) is 32.5 Å². The number of rotatable bonds is 4. The van der Waals surface area contributed by atoms with Gasteiger partial charge in [0.05, 0.1) is 26.2 Å². The fourth-order valence-electron chi connectivity index (χ4n) is 1.73. The van der Waals surface area contributed by atoms with Gasteiger partial charge in [-0.05, 0) is 23.9 Å². The summed E-state index contributed by atoms with van der Waals surface area (Å²) in [5.74, 6) is 1.13. The van der Waals surface area contributed by atoms with Crippen LogP contribution in [0.2, 0.25) is 0 Å². The zero-order valence-corrected chi connectivity index (χ0v) is 12.0. The van der Waals surface area contributed by atoms with Crippen LogP contribution in [0.25, 0.3) is 6.08 Å². The third-order valence-electron chi connectivity index (χ3n) is 2.66. The summed E-state index contributed by atoms with van der Waals surface area (Å²) < 4.78 is 15.6. The lowest BCUT2D eigenvalue weighted by atomic mass is 10.1. The van der Waals surface area contributed by atoms with E-state index < -0.39 is 5.91 Å². The molecule has 0 atom stereocenters. The van der Waals surface area contributed by atoms with Crippen LogP contribution in [0.5, 0.6) is 17.2 Å². The van der Waals surface area contributed by atoms with Crippen LogP contribution in [-0.2, 0) is 4.79 Å². The maximum atomic E-state index is 11.5. The molecule has 1 aromatic rings. The summed E-state index contributed by atoms with van der Waals surface area (Å²) in [5, 5.41) is 1.81. The summed E-state index contributed by atoms with van der Waals surface area (Å²) in [4.78, 5) is 23.0. The number of imide groups is 1. The van der Waals surface area contributed by atoms with Crippen LogP contribution >= 0.6 is 11.8 Å². The van der Waals surface area contributed by atoms with Gasteiger partial charge in [-0.2, -0.15) is 0 Å². The number of thioether (sulfide) groups is 1. The Morgan fingerprint density at radius 3 is 2.10 bits per heavy atom. The van der Waals surface area contributed by atoms with Crippen LogP contribution in [0.15, 0.2) is 17.0 Å². The lowest BCUT2D eigenvalue weighted by Crippen LogP contribution is -2.17. The molecular weight excluding hydrogens is 282 g/mol. The first-order chi connectivity index (χ1) is 9.58. The van der Waals surface area contributed by atoms with Crippen molar-refractivity contribution >= 4 is 29.0 Å². The molecule has 1 fully saturated rings. The van der Waals surface area contributed by atoms with Gasteiger partial charge in [0.25, 0.3) is 11.1 Å². The van der Waals surface area contributed by atoms with Gasteiger partial charge >= 0.3 is 0 Å². The highest BCUT2D eigenvalue weighted by Gasteiger charge is 2.25. The van der Waals surface area contributed by atoms with Crippen LogP contribution in [0.3, 0.4) is 0 Å². The molecule has 1 saturated heterocycles. The summed E-state index contributed by atoms with van der Waals surface area (Å²) in [7, 11) is 4.55. The maximum absolute atomic E-state index is 11.5. The van der Waals surface area contributed by atoms with Crippen molar-refractivity contribution in [3.63, 3.8) is 0 Å². The number of ether oxygens (including phenoxy) is 3. The summed E-state index contributed by atoms with van der Waals surface area (Å²) >= 11 is 0.845. The lowest BCUT2D eigenvalue weighted by Gasteiger charge is -2.12. The largest absolute Gasteiger partial charge is 0.496 e. The van der Waals surface area contributed by atoms with Crippen molar-refractivity contribution in [2.45, 2.75) is 0 Å². The predicted molar refractivity (Wildman–Crippen MR) is 75.2 cm³/mol. The van der Waals surface area contributed by atoms with Crippen molar-refractivity contribution < 1.29 is 23.8 Å². The highest BCUT2D eigenvalue weighted by Crippen LogP contribution is 2.37. The van der Waals surface area contributed by atoms with Crippen LogP contribution < -0.4 is 19.5 Å². The van der Waals surface area contributed by atoms with E-state index >= 15 is 0 Å². The van der Waals surface area contributed by atoms with Crippen LogP contribution in [0.4, 0.5) is 4.79 Å². The molecule has 7 heteroatoms. The van der Waals surface area contributed by atoms with E-state index in [1.807, 2.05) is 0 Å². The minimum atomic E-state index is -0.420. The highest BCUT2D eigenvalue weighted by atomic mass is 32.2. The monoisotopic (exact) mass is 295 g/mol. The van der Waals surface area contributed by atoms with E-state index in [0.29, 0.717) is 27.7 Å². The number of amides is 2. The molecule has 106 valence electrons. The molecule has 1 aliphatic heterocycles. The van der Waals surface area contributed by atoms with Gasteiger partial charge < -0.3 is 14.2 Å². The Morgan fingerprint density at radius 2 is 1.60 bits per heavy atom. The molecule has 0 radical (unpaired) electrons. The van der Waals surface area contributed by atoms with E-state index in [2.05, 4.69) is 5.32 Å². The summed E-state index contributed by atoms with van der Waals surface area (Å²) in [5.41, 5.74) is 0.623. The molecule has 0 aromatic heterocycles. The number of carbonyl (C=O) groups is 2. The zero-order valence-electron chi connectivity index (χ0n) is 11.2. The Morgan fingerprint density at radius 1 is 1.00 bits per heavy atom. The smallest absolute Gasteiger partial charge is 0.290 e. The molecular formula is C13H13NO5S. The molecule has 0 bridgehead atoms. The van der Waals surface area contributed by atoms with E-state index in [-0.39, 0.29) is 5.24 Å². The minimum Gasteiger partial charge on any atom is -0.496 e. The van der Waals surface area contributed by atoms with Gasteiger partial charge in [-0.25, -0.2) is 0 Å². The Bertz CT molecular complexity index is 597. The van der Waals surface area contributed by atoms with Crippen LogP contribution in [0.1, 0.15) is 5.56 Å². The Labute approximate surface area is 120 Å². The Kier molecular flexibility index (Phi) is 4.19. The fraction of sp³-hybridized carbons (Fsp3) is 0.231. The lowest BCUT2D eigenvalue weighted by molar-refractivity contribution is -0.115. The zero-order chi connectivity index (χ0) is 14.7. The number of benzene rings is 1. The van der Waals surface area contributed by atoms with Crippen molar-refractivity contribution in [1.29, 1.82) is 0 Å².